The Morgan fingerprint density at radius 3 is 2.74 bits per heavy atom. The van der Waals surface area contributed by atoms with Gasteiger partial charge in [0.15, 0.2) is 11.5 Å². The summed E-state index contributed by atoms with van der Waals surface area (Å²) in [6, 6.07) is 3.75. The highest BCUT2D eigenvalue weighted by Crippen LogP contribution is 2.38. The van der Waals surface area contributed by atoms with E-state index in [1.165, 1.54) is 0 Å². The number of halogens is 1. The fourth-order valence-corrected chi connectivity index (χ4v) is 4.14. The number of ether oxygens (including phenoxy) is 2. The third-order valence-corrected chi connectivity index (χ3v) is 5.47. The summed E-state index contributed by atoms with van der Waals surface area (Å²) in [6.07, 6.45) is 3.07. The average Bonchev–Trinajstić information content (AvgIpc) is 3.02. The average molecular weight is 383 g/mol. The van der Waals surface area contributed by atoms with Crippen LogP contribution < -0.4 is 20.5 Å². The van der Waals surface area contributed by atoms with Crippen molar-refractivity contribution in [3.05, 3.63) is 22.2 Å². The third-order valence-electron chi connectivity index (χ3n) is 4.79. The Morgan fingerprint density at radius 2 is 2.04 bits per heavy atom. The second kappa shape index (κ2) is 7.09. The lowest BCUT2D eigenvalue weighted by Gasteiger charge is -2.24. The van der Waals surface area contributed by atoms with Crippen molar-refractivity contribution in [2.24, 2.45) is 17.6 Å². The van der Waals surface area contributed by atoms with Gasteiger partial charge >= 0.3 is 0 Å². The molecule has 0 saturated heterocycles. The Balaban J connectivity index is 1.73. The smallest absolute Gasteiger partial charge is 0.223 e. The van der Waals surface area contributed by atoms with Crippen molar-refractivity contribution in [1.29, 1.82) is 0 Å². The summed E-state index contributed by atoms with van der Waals surface area (Å²) < 4.78 is 12.1. The largest absolute Gasteiger partial charge is 0.486 e. The number of nitrogens with two attached hydrogens (primary N) is 1. The minimum absolute atomic E-state index is 0.0402. The van der Waals surface area contributed by atoms with Gasteiger partial charge in [0.05, 0.1) is 6.04 Å². The molecule has 23 heavy (non-hydrogen) atoms. The zero-order valence-electron chi connectivity index (χ0n) is 13.3. The van der Waals surface area contributed by atoms with Gasteiger partial charge in [0, 0.05) is 10.4 Å². The molecule has 3 atom stereocenters. The summed E-state index contributed by atoms with van der Waals surface area (Å²) >= 11 is 3.57. The van der Waals surface area contributed by atoms with E-state index in [0.717, 1.165) is 40.8 Å². The maximum absolute atomic E-state index is 12.6. The summed E-state index contributed by atoms with van der Waals surface area (Å²) in [6.45, 7) is 3.68. The molecule has 1 aromatic carbocycles. The van der Waals surface area contributed by atoms with E-state index in [-0.39, 0.29) is 17.9 Å². The van der Waals surface area contributed by atoms with Crippen LogP contribution in [0.2, 0.25) is 0 Å². The number of hydrogen-bond donors (Lipinski definition) is 2. The monoisotopic (exact) mass is 382 g/mol. The number of fused-ring (bicyclic) bond motifs is 1. The van der Waals surface area contributed by atoms with E-state index in [9.17, 15) is 4.79 Å². The first-order chi connectivity index (χ1) is 11.1. The molecule has 1 aromatic rings. The number of benzene rings is 1. The van der Waals surface area contributed by atoms with Gasteiger partial charge in [0.2, 0.25) is 5.91 Å². The Morgan fingerprint density at radius 1 is 1.35 bits per heavy atom. The quantitative estimate of drug-likeness (QED) is 0.839. The van der Waals surface area contributed by atoms with Crippen LogP contribution in [-0.2, 0) is 4.79 Å². The summed E-state index contributed by atoms with van der Waals surface area (Å²) in [5.41, 5.74) is 6.78. The van der Waals surface area contributed by atoms with Gasteiger partial charge in [-0.3, -0.25) is 4.79 Å². The lowest BCUT2D eigenvalue weighted by molar-refractivity contribution is -0.126. The van der Waals surface area contributed by atoms with Crippen LogP contribution in [0.15, 0.2) is 16.6 Å². The molecule has 1 unspecified atom stereocenters. The van der Waals surface area contributed by atoms with Crippen molar-refractivity contribution >= 4 is 21.8 Å². The molecule has 1 aliphatic heterocycles. The molecule has 3 rings (SSSR count). The lowest BCUT2D eigenvalue weighted by Crippen LogP contribution is -2.36. The molecule has 126 valence electrons. The molecule has 1 fully saturated rings. The Kier molecular flexibility index (Phi) is 5.11. The van der Waals surface area contributed by atoms with Gasteiger partial charge < -0.3 is 20.5 Å². The first-order valence-corrected chi connectivity index (χ1v) is 8.99. The molecule has 6 heteroatoms. The summed E-state index contributed by atoms with van der Waals surface area (Å²) in [4.78, 5) is 12.6. The summed E-state index contributed by atoms with van der Waals surface area (Å²) in [5.74, 6) is 1.93. The van der Waals surface area contributed by atoms with Crippen LogP contribution in [0.25, 0.3) is 0 Å². The molecule has 5 nitrogen and oxygen atoms in total. The van der Waals surface area contributed by atoms with Crippen LogP contribution in [-0.4, -0.2) is 25.7 Å². The number of amides is 1. The molecular formula is C17H23BrN2O3. The van der Waals surface area contributed by atoms with Crippen LogP contribution >= 0.6 is 15.9 Å². The van der Waals surface area contributed by atoms with Crippen molar-refractivity contribution in [3.8, 4) is 11.5 Å². The Bertz CT molecular complexity index is 593. The van der Waals surface area contributed by atoms with E-state index < -0.39 is 0 Å². The standard InChI is InChI=1S/C17H23BrN2O3/c1-10(20-17(21)12-4-2-3-11(12)9-19)13-7-15-16(8-14(13)18)23-6-5-22-15/h7-8,10-12H,2-6,9,19H2,1H3,(H,20,21)/t10?,11-,12-/m1/s1. The number of carbonyl (C=O) groups excluding carboxylic acids is 1. The van der Waals surface area contributed by atoms with E-state index in [4.69, 9.17) is 15.2 Å². The molecule has 1 heterocycles. The van der Waals surface area contributed by atoms with Gasteiger partial charge in [0.1, 0.15) is 13.2 Å². The topological polar surface area (TPSA) is 73.6 Å². The molecule has 1 aliphatic carbocycles. The van der Waals surface area contributed by atoms with E-state index in [0.29, 0.717) is 25.7 Å². The molecule has 0 aromatic heterocycles. The maximum Gasteiger partial charge on any atom is 0.223 e. The zero-order valence-corrected chi connectivity index (χ0v) is 14.9. The van der Waals surface area contributed by atoms with E-state index in [1.807, 2.05) is 19.1 Å². The molecule has 0 spiro atoms. The van der Waals surface area contributed by atoms with Crippen molar-refractivity contribution in [3.63, 3.8) is 0 Å². The number of rotatable bonds is 4. The van der Waals surface area contributed by atoms with Crippen LogP contribution in [0.5, 0.6) is 11.5 Å². The van der Waals surface area contributed by atoms with Gasteiger partial charge in [-0.2, -0.15) is 0 Å². The predicted molar refractivity (Wildman–Crippen MR) is 91.6 cm³/mol. The molecule has 0 radical (unpaired) electrons. The van der Waals surface area contributed by atoms with E-state index >= 15 is 0 Å². The highest BCUT2D eigenvalue weighted by molar-refractivity contribution is 9.10. The Labute approximate surface area is 145 Å². The number of carbonyl (C=O) groups is 1. The zero-order chi connectivity index (χ0) is 16.4. The fraction of sp³-hybridized carbons (Fsp3) is 0.588. The highest BCUT2D eigenvalue weighted by Gasteiger charge is 2.32. The second-order valence-corrected chi connectivity index (χ2v) is 7.14. The number of hydrogen-bond acceptors (Lipinski definition) is 4. The molecule has 2 aliphatic rings. The van der Waals surface area contributed by atoms with E-state index in [2.05, 4.69) is 21.2 Å². The van der Waals surface area contributed by atoms with Crippen LogP contribution in [0, 0.1) is 11.8 Å². The van der Waals surface area contributed by atoms with Gasteiger partial charge in [-0.15, -0.1) is 0 Å². The summed E-state index contributed by atoms with van der Waals surface area (Å²) in [7, 11) is 0. The minimum atomic E-state index is -0.105. The molecule has 0 bridgehead atoms. The third kappa shape index (κ3) is 3.48. The first kappa shape index (κ1) is 16.6. The van der Waals surface area contributed by atoms with Gasteiger partial charge in [0.25, 0.3) is 0 Å². The first-order valence-electron chi connectivity index (χ1n) is 8.19. The Hall–Kier alpha value is -1.27. The van der Waals surface area contributed by atoms with Crippen LogP contribution in [0.1, 0.15) is 37.8 Å². The summed E-state index contributed by atoms with van der Waals surface area (Å²) in [5, 5.41) is 3.13. The van der Waals surface area contributed by atoms with Crippen LogP contribution in [0.3, 0.4) is 0 Å². The van der Waals surface area contributed by atoms with Crippen molar-refractivity contribution in [1.82, 2.24) is 5.32 Å². The molecular weight excluding hydrogens is 360 g/mol. The van der Waals surface area contributed by atoms with Crippen molar-refractivity contribution in [2.75, 3.05) is 19.8 Å². The minimum Gasteiger partial charge on any atom is -0.486 e. The van der Waals surface area contributed by atoms with Crippen LogP contribution in [0.4, 0.5) is 0 Å². The maximum atomic E-state index is 12.6. The van der Waals surface area contributed by atoms with E-state index in [1.54, 1.807) is 0 Å². The second-order valence-electron chi connectivity index (χ2n) is 6.28. The lowest BCUT2D eigenvalue weighted by atomic mass is 9.94. The van der Waals surface area contributed by atoms with Crippen molar-refractivity contribution in [2.45, 2.75) is 32.2 Å². The molecule has 1 amide bonds. The van der Waals surface area contributed by atoms with Gasteiger partial charge in [-0.05, 0) is 49.9 Å². The fourth-order valence-electron chi connectivity index (χ4n) is 3.47. The number of nitrogens with one attached hydrogen (secondary N) is 1. The predicted octanol–water partition coefficient (Wildman–Crippen LogP) is 2.77. The van der Waals surface area contributed by atoms with Crippen molar-refractivity contribution < 1.29 is 14.3 Å². The SMILES string of the molecule is CC(NC(=O)[C@@H]1CCC[C@@H]1CN)c1cc2c(cc1Br)OCCO2. The normalized spacial score (nSPS) is 24.3. The molecule has 1 saturated carbocycles. The van der Waals surface area contributed by atoms with Gasteiger partial charge in [-0.25, -0.2) is 0 Å². The van der Waals surface area contributed by atoms with Gasteiger partial charge in [-0.1, -0.05) is 22.4 Å². The highest BCUT2D eigenvalue weighted by atomic mass is 79.9. The molecule has 3 N–H and O–H groups in total.